The SMILES string of the molecule is O=C(C=Cc1ccccc1)N1CCC(F)(F)CC1. The quantitative estimate of drug-likeness (QED) is 0.740. The van der Waals surface area contributed by atoms with E-state index in [-0.39, 0.29) is 31.8 Å². The maximum absolute atomic E-state index is 12.9. The minimum absolute atomic E-state index is 0.130. The van der Waals surface area contributed by atoms with E-state index in [9.17, 15) is 13.6 Å². The van der Waals surface area contributed by atoms with Crippen LogP contribution in [0.5, 0.6) is 0 Å². The van der Waals surface area contributed by atoms with Crippen LogP contribution in [-0.2, 0) is 4.79 Å². The number of likely N-dealkylation sites (tertiary alicyclic amines) is 1. The molecular formula is C14H15F2NO. The molecule has 0 atom stereocenters. The van der Waals surface area contributed by atoms with Crippen LogP contribution in [0, 0.1) is 0 Å². The number of amides is 1. The maximum Gasteiger partial charge on any atom is 0.251 e. The number of benzene rings is 1. The Morgan fingerprint density at radius 3 is 2.39 bits per heavy atom. The first kappa shape index (κ1) is 12.7. The molecule has 0 radical (unpaired) electrons. The van der Waals surface area contributed by atoms with Crippen molar-refractivity contribution in [2.45, 2.75) is 18.8 Å². The molecule has 96 valence electrons. The fraction of sp³-hybridized carbons (Fsp3) is 0.357. The van der Waals surface area contributed by atoms with Crippen LogP contribution < -0.4 is 0 Å². The molecule has 0 N–H and O–H groups in total. The molecule has 1 aromatic rings. The predicted octanol–water partition coefficient (Wildman–Crippen LogP) is 2.96. The molecule has 4 heteroatoms. The van der Waals surface area contributed by atoms with Crippen molar-refractivity contribution in [1.29, 1.82) is 0 Å². The van der Waals surface area contributed by atoms with E-state index in [2.05, 4.69) is 0 Å². The Morgan fingerprint density at radius 2 is 1.78 bits per heavy atom. The van der Waals surface area contributed by atoms with Crippen molar-refractivity contribution in [2.75, 3.05) is 13.1 Å². The summed E-state index contributed by atoms with van der Waals surface area (Å²) in [6.07, 6.45) is 2.67. The Bertz CT molecular complexity index is 432. The fourth-order valence-electron chi connectivity index (χ4n) is 1.89. The molecular weight excluding hydrogens is 236 g/mol. The lowest BCUT2D eigenvalue weighted by Gasteiger charge is -2.30. The first-order valence-electron chi connectivity index (χ1n) is 5.97. The molecule has 1 aliphatic rings. The molecule has 2 rings (SSSR count). The van der Waals surface area contributed by atoms with E-state index >= 15 is 0 Å². The van der Waals surface area contributed by atoms with Crippen molar-refractivity contribution < 1.29 is 13.6 Å². The first-order chi connectivity index (χ1) is 8.57. The summed E-state index contributed by atoms with van der Waals surface area (Å²) in [7, 11) is 0. The zero-order valence-corrected chi connectivity index (χ0v) is 9.98. The first-order valence-corrected chi connectivity index (χ1v) is 5.97. The second kappa shape index (κ2) is 5.29. The third kappa shape index (κ3) is 3.39. The second-order valence-corrected chi connectivity index (χ2v) is 4.43. The molecule has 18 heavy (non-hydrogen) atoms. The summed E-state index contributed by atoms with van der Waals surface area (Å²) in [6.45, 7) is 0.260. The summed E-state index contributed by atoms with van der Waals surface area (Å²) in [5, 5.41) is 0. The number of carbonyl (C=O) groups is 1. The van der Waals surface area contributed by atoms with Crippen LogP contribution in [0.3, 0.4) is 0 Å². The van der Waals surface area contributed by atoms with E-state index in [4.69, 9.17) is 0 Å². The van der Waals surface area contributed by atoms with Gasteiger partial charge in [-0.3, -0.25) is 4.79 Å². The molecule has 1 amide bonds. The highest BCUT2D eigenvalue weighted by Crippen LogP contribution is 2.27. The van der Waals surface area contributed by atoms with Crippen molar-refractivity contribution in [3.05, 3.63) is 42.0 Å². The van der Waals surface area contributed by atoms with Crippen molar-refractivity contribution >= 4 is 12.0 Å². The predicted molar refractivity (Wildman–Crippen MR) is 66.2 cm³/mol. The van der Waals surface area contributed by atoms with Crippen molar-refractivity contribution in [2.24, 2.45) is 0 Å². The smallest absolute Gasteiger partial charge is 0.251 e. The van der Waals surface area contributed by atoms with E-state index in [1.807, 2.05) is 30.3 Å². The van der Waals surface area contributed by atoms with Gasteiger partial charge in [-0.25, -0.2) is 8.78 Å². The lowest BCUT2D eigenvalue weighted by Crippen LogP contribution is -2.42. The van der Waals surface area contributed by atoms with Gasteiger partial charge in [-0.15, -0.1) is 0 Å². The van der Waals surface area contributed by atoms with E-state index < -0.39 is 5.92 Å². The molecule has 1 fully saturated rings. The van der Waals surface area contributed by atoms with E-state index in [1.54, 1.807) is 6.08 Å². The normalized spacial score (nSPS) is 19.1. The summed E-state index contributed by atoms with van der Waals surface area (Å²) < 4.78 is 25.9. The van der Waals surface area contributed by atoms with Gasteiger partial charge in [0.05, 0.1) is 0 Å². The third-order valence-electron chi connectivity index (χ3n) is 3.02. The molecule has 1 aromatic carbocycles. The average molecular weight is 251 g/mol. The zero-order valence-electron chi connectivity index (χ0n) is 9.98. The highest BCUT2D eigenvalue weighted by molar-refractivity contribution is 5.91. The summed E-state index contributed by atoms with van der Waals surface area (Å²) >= 11 is 0. The van der Waals surface area contributed by atoms with Crippen molar-refractivity contribution in [3.63, 3.8) is 0 Å². The number of piperidine rings is 1. The topological polar surface area (TPSA) is 20.3 Å². The lowest BCUT2D eigenvalue weighted by atomic mass is 10.1. The van der Waals surface area contributed by atoms with Crippen molar-refractivity contribution in [1.82, 2.24) is 4.90 Å². The molecule has 1 heterocycles. The number of hydrogen-bond acceptors (Lipinski definition) is 1. The summed E-state index contributed by atoms with van der Waals surface area (Å²) in [5.74, 6) is -2.81. The summed E-state index contributed by atoms with van der Waals surface area (Å²) in [4.78, 5) is 13.2. The van der Waals surface area contributed by atoms with Crippen LogP contribution in [-0.4, -0.2) is 29.8 Å². The molecule has 1 aliphatic heterocycles. The molecule has 0 bridgehead atoms. The molecule has 0 unspecified atom stereocenters. The fourth-order valence-corrected chi connectivity index (χ4v) is 1.89. The van der Waals surface area contributed by atoms with Gasteiger partial charge in [0, 0.05) is 32.0 Å². The summed E-state index contributed by atoms with van der Waals surface area (Å²) in [5.41, 5.74) is 0.924. The average Bonchev–Trinajstić information content (AvgIpc) is 2.37. The Balaban J connectivity index is 1.91. The van der Waals surface area contributed by atoms with Crippen LogP contribution in [0.4, 0.5) is 8.78 Å². The van der Waals surface area contributed by atoms with Gasteiger partial charge in [0.1, 0.15) is 0 Å². The van der Waals surface area contributed by atoms with Crippen LogP contribution >= 0.6 is 0 Å². The third-order valence-corrected chi connectivity index (χ3v) is 3.02. The van der Waals surface area contributed by atoms with Crippen LogP contribution in [0.1, 0.15) is 18.4 Å². The van der Waals surface area contributed by atoms with Gasteiger partial charge in [0.15, 0.2) is 0 Å². The summed E-state index contributed by atoms with van der Waals surface area (Å²) in [6, 6.07) is 9.42. The van der Waals surface area contributed by atoms with Gasteiger partial charge in [0.2, 0.25) is 5.91 Å². The maximum atomic E-state index is 12.9. The number of carbonyl (C=O) groups excluding carboxylic acids is 1. The highest BCUT2D eigenvalue weighted by atomic mass is 19.3. The Labute approximate surface area is 105 Å². The van der Waals surface area contributed by atoms with Gasteiger partial charge >= 0.3 is 0 Å². The van der Waals surface area contributed by atoms with Gasteiger partial charge in [-0.05, 0) is 11.6 Å². The van der Waals surface area contributed by atoms with Gasteiger partial charge in [-0.2, -0.15) is 0 Å². The number of rotatable bonds is 2. The molecule has 0 aromatic heterocycles. The van der Waals surface area contributed by atoms with Crippen LogP contribution in [0.2, 0.25) is 0 Å². The lowest BCUT2D eigenvalue weighted by molar-refractivity contribution is -0.132. The van der Waals surface area contributed by atoms with E-state index in [1.165, 1.54) is 11.0 Å². The minimum Gasteiger partial charge on any atom is -0.339 e. The van der Waals surface area contributed by atoms with Gasteiger partial charge < -0.3 is 4.90 Å². The van der Waals surface area contributed by atoms with Crippen molar-refractivity contribution in [3.8, 4) is 0 Å². The van der Waals surface area contributed by atoms with Crippen LogP contribution in [0.25, 0.3) is 6.08 Å². The molecule has 1 saturated heterocycles. The Morgan fingerprint density at radius 1 is 1.17 bits per heavy atom. The largest absolute Gasteiger partial charge is 0.339 e. The molecule has 0 saturated carbocycles. The number of halogens is 2. The van der Waals surface area contributed by atoms with Gasteiger partial charge in [-0.1, -0.05) is 30.3 Å². The molecule has 0 aliphatic carbocycles. The monoisotopic (exact) mass is 251 g/mol. The standard InChI is InChI=1S/C14H15F2NO/c15-14(16)8-10-17(11-9-14)13(18)7-6-12-4-2-1-3-5-12/h1-7H,8-11H2. The number of alkyl halides is 2. The molecule has 0 spiro atoms. The Kier molecular flexibility index (Phi) is 3.75. The van der Waals surface area contributed by atoms with E-state index in [0.717, 1.165) is 5.56 Å². The zero-order chi connectivity index (χ0) is 13.0. The highest BCUT2D eigenvalue weighted by Gasteiger charge is 2.34. The minimum atomic E-state index is -2.61. The number of hydrogen-bond donors (Lipinski definition) is 0. The van der Waals surface area contributed by atoms with Gasteiger partial charge in [0.25, 0.3) is 5.92 Å². The molecule has 2 nitrogen and oxygen atoms in total. The number of nitrogens with zero attached hydrogens (tertiary/aromatic N) is 1. The van der Waals surface area contributed by atoms with E-state index in [0.29, 0.717) is 0 Å². The van der Waals surface area contributed by atoms with Crippen LogP contribution in [0.15, 0.2) is 36.4 Å². The Hall–Kier alpha value is -1.71. The second-order valence-electron chi connectivity index (χ2n) is 4.43.